The molecule has 3 aliphatic heterocycles. The van der Waals surface area contributed by atoms with Crippen molar-refractivity contribution in [3.05, 3.63) is 158 Å². The SMILES string of the molecule is CC/C=C\C/C=C\C/C=C\C/C=C\C/C=C\C/C=C\C/C=C\C/C=C\C/C=C\C/C=C\CCCCCCC(=O)NC(COC1OC(CO)C(OC2OC(CO)C(OC3OC(CO)C(O)C(O)C3O)C(O)C2O)C(O)C1O)C(O)/C=C/CC/C=C/CC/C=C/CCCCCCCCCCCCCCCC. The number of unbranched alkanes of at least 4 members (excludes halogenated alkanes) is 20. The highest BCUT2D eigenvalue weighted by Crippen LogP contribution is 2.33. The Morgan fingerprint density at radius 2 is 0.673 bits per heavy atom. The average molecular weight is 1460 g/mol. The number of amides is 1. The molecule has 0 aliphatic carbocycles. The van der Waals surface area contributed by atoms with Gasteiger partial charge in [0.25, 0.3) is 0 Å². The predicted molar refractivity (Wildman–Crippen MR) is 415 cm³/mol. The molecule has 17 atom stereocenters. The molecule has 12 N–H and O–H groups in total. The Morgan fingerprint density at radius 3 is 1.08 bits per heavy atom. The number of hydrogen-bond acceptors (Lipinski definition) is 18. The van der Waals surface area contributed by atoms with Crippen LogP contribution in [0.15, 0.2) is 158 Å². The van der Waals surface area contributed by atoms with Gasteiger partial charge in [0.2, 0.25) is 5.91 Å². The van der Waals surface area contributed by atoms with Crippen molar-refractivity contribution in [1.29, 1.82) is 0 Å². The Morgan fingerprint density at radius 1 is 0.356 bits per heavy atom. The highest BCUT2D eigenvalue weighted by molar-refractivity contribution is 5.76. The van der Waals surface area contributed by atoms with E-state index in [0.29, 0.717) is 12.8 Å². The lowest BCUT2D eigenvalue weighted by Crippen LogP contribution is -2.66. The first-order chi connectivity index (χ1) is 50.8. The summed E-state index contributed by atoms with van der Waals surface area (Å²) >= 11 is 0. The highest BCUT2D eigenvalue weighted by atomic mass is 16.8. The fourth-order valence-electron chi connectivity index (χ4n) is 12.2. The van der Waals surface area contributed by atoms with Gasteiger partial charge in [-0.2, -0.15) is 0 Å². The van der Waals surface area contributed by atoms with Crippen molar-refractivity contribution in [2.75, 3.05) is 26.4 Å². The maximum atomic E-state index is 13.5. The third kappa shape index (κ3) is 42.8. The molecule has 0 aromatic carbocycles. The second-order valence-electron chi connectivity index (χ2n) is 27.4. The lowest BCUT2D eigenvalue weighted by atomic mass is 9.96. The molecule has 17 unspecified atom stereocenters. The summed E-state index contributed by atoms with van der Waals surface area (Å²) in [7, 11) is 0. The van der Waals surface area contributed by atoms with Gasteiger partial charge >= 0.3 is 0 Å². The van der Waals surface area contributed by atoms with E-state index in [0.717, 1.165) is 116 Å². The molecule has 0 saturated carbocycles. The van der Waals surface area contributed by atoms with Crippen LogP contribution < -0.4 is 5.32 Å². The van der Waals surface area contributed by atoms with E-state index >= 15 is 0 Å². The number of allylic oxidation sites excluding steroid dienone is 25. The van der Waals surface area contributed by atoms with Crippen LogP contribution in [-0.2, 0) is 33.2 Å². The van der Waals surface area contributed by atoms with Gasteiger partial charge in [-0.1, -0.05) is 268 Å². The maximum absolute atomic E-state index is 13.5. The maximum Gasteiger partial charge on any atom is 0.220 e. The van der Waals surface area contributed by atoms with Crippen LogP contribution in [-0.4, -0.2) is 193 Å². The minimum Gasteiger partial charge on any atom is -0.394 e. The van der Waals surface area contributed by atoms with E-state index in [9.17, 15) is 61.0 Å². The fraction of sp³-hybridized carbons (Fsp3) is 0.682. The van der Waals surface area contributed by atoms with E-state index in [2.05, 4.69) is 165 Å². The smallest absolute Gasteiger partial charge is 0.220 e. The first-order valence-electron chi connectivity index (χ1n) is 39.7. The molecule has 3 rings (SSSR count). The van der Waals surface area contributed by atoms with Crippen LogP contribution in [0.25, 0.3) is 0 Å². The lowest BCUT2D eigenvalue weighted by molar-refractivity contribution is -0.379. The summed E-state index contributed by atoms with van der Waals surface area (Å²) in [5, 5.41) is 121. The Balaban J connectivity index is 1.42. The van der Waals surface area contributed by atoms with E-state index in [1.54, 1.807) is 6.08 Å². The number of ether oxygens (including phenoxy) is 6. The fourth-order valence-corrected chi connectivity index (χ4v) is 12.2. The van der Waals surface area contributed by atoms with Gasteiger partial charge in [-0.25, -0.2) is 0 Å². The Hall–Kier alpha value is -4.59. The molecule has 19 heteroatoms. The molecule has 104 heavy (non-hydrogen) atoms. The summed E-state index contributed by atoms with van der Waals surface area (Å²) in [5.74, 6) is -0.320. The highest BCUT2D eigenvalue weighted by Gasteiger charge is 2.53. The minimum absolute atomic E-state index is 0.191. The Kier molecular flexibility index (Phi) is 57.0. The molecule has 592 valence electrons. The van der Waals surface area contributed by atoms with E-state index < -0.39 is 131 Å². The number of nitrogens with one attached hydrogen (secondary N) is 1. The van der Waals surface area contributed by atoms with E-state index in [4.69, 9.17) is 28.4 Å². The average Bonchev–Trinajstić information content (AvgIpc) is 0.783. The van der Waals surface area contributed by atoms with Crippen LogP contribution in [0.3, 0.4) is 0 Å². The molecule has 1 amide bonds. The van der Waals surface area contributed by atoms with Crippen LogP contribution in [0.5, 0.6) is 0 Å². The van der Waals surface area contributed by atoms with Gasteiger partial charge in [0.15, 0.2) is 18.9 Å². The summed E-state index contributed by atoms with van der Waals surface area (Å²) in [5.41, 5.74) is 0. The molecule has 0 spiro atoms. The third-order valence-corrected chi connectivity index (χ3v) is 18.5. The number of hydrogen-bond donors (Lipinski definition) is 12. The zero-order chi connectivity index (χ0) is 75.3. The number of carbonyl (C=O) groups is 1. The van der Waals surface area contributed by atoms with Crippen molar-refractivity contribution >= 4 is 5.91 Å². The van der Waals surface area contributed by atoms with Gasteiger partial charge in [0.1, 0.15) is 73.2 Å². The number of rotatable bonds is 60. The largest absolute Gasteiger partial charge is 0.394 e. The van der Waals surface area contributed by atoms with Crippen LogP contribution in [0.2, 0.25) is 0 Å². The number of carbonyl (C=O) groups excluding carboxylic acids is 1. The second kappa shape index (κ2) is 63.3. The molecule has 0 aromatic rings. The number of aliphatic hydroxyl groups excluding tert-OH is 11. The molecular weight excluding hydrogens is 1320 g/mol. The van der Waals surface area contributed by atoms with Crippen molar-refractivity contribution in [1.82, 2.24) is 5.32 Å². The van der Waals surface area contributed by atoms with Crippen LogP contribution in [0.4, 0.5) is 0 Å². The van der Waals surface area contributed by atoms with E-state index in [1.165, 1.54) is 89.9 Å². The molecule has 19 nitrogen and oxygen atoms in total. The quantitative estimate of drug-likeness (QED) is 0.0199. The van der Waals surface area contributed by atoms with Gasteiger partial charge in [-0.05, 0) is 122 Å². The van der Waals surface area contributed by atoms with Crippen LogP contribution in [0, 0.1) is 0 Å². The minimum atomic E-state index is -1.99. The van der Waals surface area contributed by atoms with Crippen LogP contribution >= 0.6 is 0 Å². The Bertz CT molecular complexity index is 2500. The molecule has 0 bridgehead atoms. The van der Waals surface area contributed by atoms with Gasteiger partial charge in [0.05, 0.1) is 38.6 Å². The van der Waals surface area contributed by atoms with Crippen molar-refractivity contribution < 1.29 is 89.4 Å². The van der Waals surface area contributed by atoms with Crippen molar-refractivity contribution in [3.63, 3.8) is 0 Å². The lowest BCUT2D eigenvalue weighted by Gasteiger charge is -2.48. The molecule has 3 fully saturated rings. The molecule has 0 aromatic heterocycles. The van der Waals surface area contributed by atoms with Crippen LogP contribution in [0.1, 0.15) is 239 Å². The normalized spacial score (nSPS) is 26.8. The van der Waals surface area contributed by atoms with Gasteiger partial charge in [0, 0.05) is 6.42 Å². The van der Waals surface area contributed by atoms with Gasteiger partial charge < -0.3 is 89.9 Å². The predicted octanol–water partition coefficient (Wildman–Crippen LogP) is 13.2. The first kappa shape index (κ1) is 93.6. The summed E-state index contributed by atoms with van der Waals surface area (Å²) in [6.07, 6.45) is 66.5. The molecular formula is C85H139NO18. The van der Waals surface area contributed by atoms with Gasteiger partial charge in [-0.3, -0.25) is 4.79 Å². The van der Waals surface area contributed by atoms with Gasteiger partial charge in [-0.15, -0.1) is 0 Å². The zero-order valence-electron chi connectivity index (χ0n) is 63.2. The summed E-state index contributed by atoms with van der Waals surface area (Å²) in [6.45, 7) is 1.57. The summed E-state index contributed by atoms with van der Waals surface area (Å²) < 4.78 is 34.4. The molecule has 3 aliphatic rings. The zero-order valence-corrected chi connectivity index (χ0v) is 63.2. The number of aliphatic hydroxyl groups is 11. The standard InChI is InChI=1S/C85H139NO18/c1-3-5-7-9-11-13-15-17-19-21-23-25-27-29-30-31-32-33-34-35-36-37-38-39-41-43-45-47-49-51-53-55-57-59-61-63-73(91)86-68(69(90)62-60-58-56-54-52-50-48-46-44-42-40-28-26-24-22-20-18-16-14-12-10-8-6-4-2)67-99-83-79(97)76(94)81(71(65-88)101-83)104-85-80(98)77(95)82(72(66-89)102-85)103-84-78(96)75(93)74(92)70(64-87)100-84/h5,7,11,13,17,19,23,25,29-30,32-33,35-36,38-39,43-46,49,51-52,54,60,62,68-72,74-85,87-90,92-98H,3-4,6,8-10,12,14-16,18,20-22,24,26-28,31,34,37,40-42,47-48,50,53,55-59,61,63-67H2,1-2H3,(H,86,91)/b7-5-,13-11-,19-17-,25-23-,30-29-,33-32-,36-35-,39-38-,45-43-,46-44+,51-49-,54-52+,62-60+. The summed E-state index contributed by atoms with van der Waals surface area (Å²) in [4.78, 5) is 13.5. The molecule has 3 heterocycles. The molecule has 0 radical (unpaired) electrons. The van der Waals surface area contributed by atoms with Crippen molar-refractivity contribution in [2.45, 2.75) is 343 Å². The monoisotopic (exact) mass is 1460 g/mol. The first-order valence-corrected chi connectivity index (χ1v) is 39.7. The second-order valence-corrected chi connectivity index (χ2v) is 27.4. The molecule has 3 saturated heterocycles. The van der Waals surface area contributed by atoms with Crippen molar-refractivity contribution in [2.24, 2.45) is 0 Å². The summed E-state index contributed by atoms with van der Waals surface area (Å²) in [6, 6.07) is -1.02. The van der Waals surface area contributed by atoms with E-state index in [-0.39, 0.29) is 12.3 Å². The van der Waals surface area contributed by atoms with Crippen molar-refractivity contribution in [3.8, 4) is 0 Å². The van der Waals surface area contributed by atoms with E-state index in [1.807, 2.05) is 6.08 Å². The topological polar surface area (TPSA) is 307 Å². The Labute approximate surface area is 625 Å². The third-order valence-electron chi connectivity index (χ3n) is 18.5.